The minimum Gasteiger partial charge on any atom is -0.337 e. The van der Waals surface area contributed by atoms with Crippen molar-refractivity contribution in [3.8, 4) is 0 Å². The highest BCUT2D eigenvalue weighted by atomic mass is 32.2. The lowest BCUT2D eigenvalue weighted by Crippen LogP contribution is -2.36. The third-order valence-electron chi connectivity index (χ3n) is 3.47. The Kier molecular flexibility index (Phi) is 3.92. The van der Waals surface area contributed by atoms with Crippen molar-refractivity contribution in [1.82, 2.24) is 14.9 Å². The fraction of sp³-hybridized carbons (Fsp3) is 0.750. The third-order valence-corrected chi connectivity index (χ3v) is 4.63. The van der Waals surface area contributed by atoms with Crippen molar-refractivity contribution in [3.63, 3.8) is 0 Å². The Morgan fingerprint density at radius 1 is 1.56 bits per heavy atom. The van der Waals surface area contributed by atoms with E-state index >= 15 is 0 Å². The summed E-state index contributed by atoms with van der Waals surface area (Å²) in [5.41, 5.74) is 0. The molecule has 0 saturated heterocycles. The van der Waals surface area contributed by atoms with Crippen molar-refractivity contribution in [2.24, 2.45) is 7.05 Å². The standard InChI is InChI=1S/C12H21N3S/c1-9(12-13-7-8-15(12)2)14-10-5-4-6-11(10)16-3/h7-11,14H,4-6H2,1-3H3. The molecule has 16 heavy (non-hydrogen) atoms. The maximum absolute atomic E-state index is 4.40. The molecule has 1 aromatic heterocycles. The summed E-state index contributed by atoms with van der Waals surface area (Å²) in [6.45, 7) is 2.21. The lowest BCUT2D eigenvalue weighted by Gasteiger charge is -2.23. The molecule has 0 amide bonds. The number of imidazole rings is 1. The predicted molar refractivity (Wildman–Crippen MR) is 69.7 cm³/mol. The van der Waals surface area contributed by atoms with Crippen LogP contribution in [0.4, 0.5) is 0 Å². The molecule has 4 heteroatoms. The van der Waals surface area contributed by atoms with Crippen molar-refractivity contribution < 1.29 is 0 Å². The van der Waals surface area contributed by atoms with E-state index in [0.29, 0.717) is 12.1 Å². The van der Waals surface area contributed by atoms with Crippen LogP contribution in [0.2, 0.25) is 0 Å². The first-order valence-corrected chi connectivity index (χ1v) is 7.27. The summed E-state index contributed by atoms with van der Waals surface area (Å²) < 4.78 is 2.10. The molecule has 3 unspecified atom stereocenters. The second kappa shape index (κ2) is 5.23. The Morgan fingerprint density at radius 2 is 2.38 bits per heavy atom. The van der Waals surface area contributed by atoms with Crippen LogP contribution < -0.4 is 5.32 Å². The molecule has 90 valence electrons. The van der Waals surface area contributed by atoms with Crippen molar-refractivity contribution in [1.29, 1.82) is 0 Å². The molecule has 1 aliphatic carbocycles. The van der Waals surface area contributed by atoms with E-state index in [-0.39, 0.29) is 0 Å². The SMILES string of the molecule is CSC1CCCC1NC(C)c1nccn1C. The molecule has 1 saturated carbocycles. The Balaban J connectivity index is 1.97. The number of aryl methyl sites for hydroxylation is 1. The first-order chi connectivity index (χ1) is 7.72. The molecule has 0 aliphatic heterocycles. The summed E-state index contributed by atoms with van der Waals surface area (Å²) in [5, 5.41) is 4.50. The van der Waals surface area contributed by atoms with Crippen LogP contribution in [-0.4, -0.2) is 27.1 Å². The molecule has 2 rings (SSSR count). The minimum atomic E-state index is 0.345. The van der Waals surface area contributed by atoms with Crippen LogP contribution in [-0.2, 0) is 7.05 Å². The van der Waals surface area contributed by atoms with Gasteiger partial charge in [-0.2, -0.15) is 11.8 Å². The second-order valence-corrected chi connectivity index (χ2v) is 5.67. The van der Waals surface area contributed by atoms with Crippen molar-refractivity contribution >= 4 is 11.8 Å². The van der Waals surface area contributed by atoms with Gasteiger partial charge in [-0.05, 0) is 26.0 Å². The van der Waals surface area contributed by atoms with Crippen LogP contribution in [0.15, 0.2) is 12.4 Å². The van der Waals surface area contributed by atoms with Crippen LogP contribution in [0.5, 0.6) is 0 Å². The number of hydrogen-bond acceptors (Lipinski definition) is 3. The highest BCUT2D eigenvalue weighted by Gasteiger charge is 2.28. The summed E-state index contributed by atoms with van der Waals surface area (Å²) in [6.07, 6.45) is 10.1. The number of thioether (sulfide) groups is 1. The van der Waals surface area contributed by atoms with E-state index in [1.54, 1.807) is 0 Å². The smallest absolute Gasteiger partial charge is 0.125 e. The Morgan fingerprint density at radius 3 is 3.00 bits per heavy atom. The zero-order chi connectivity index (χ0) is 11.5. The molecule has 0 bridgehead atoms. The zero-order valence-electron chi connectivity index (χ0n) is 10.3. The molecule has 1 N–H and O–H groups in total. The minimum absolute atomic E-state index is 0.345. The average molecular weight is 239 g/mol. The monoisotopic (exact) mass is 239 g/mol. The average Bonchev–Trinajstić information content (AvgIpc) is 2.86. The molecule has 0 radical (unpaired) electrons. The van der Waals surface area contributed by atoms with Gasteiger partial charge in [0.2, 0.25) is 0 Å². The van der Waals surface area contributed by atoms with Gasteiger partial charge in [-0.25, -0.2) is 4.98 Å². The van der Waals surface area contributed by atoms with Gasteiger partial charge >= 0.3 is 0 Å². The van der Waals surface area contributed by atoms with E-state index in [1.807, 2.05) is 24.2 Å². The topological polar surface area (TPSA) is 29.9 Å². The highest BCUT2D eigenvalue weighted by molar-refractivity contribution is 7.99. The van der Waals surface area contributed by atoms with Crippen molar-refractivity contribution in [2.75, 3.05) is 6.26 Å². The number of hydrogen-bond donors (Lipinski definition) is 1. The molecule has 1 aromatic rings. The van der Waals surface area contributed by atoms with E-state index < -0.39 is 0 Å². The van der Waals surface area contributed by atoms with E-state index in [0.717, 1.165) is 11.1 Å². The Hall–Kier alpha value is -0.480. The lowest BCUT2D eigenvalue weighted by atomic mass is 10.2. The van der Waals surface area contributed by atoms with Gasteiger partial charge in [0.15, 0.2) is 0 Å². The number of nitrogens with one attached hydrogen (secondary N) is 1. The molecule has 3 atom stereocenters. The van der Waals surface area contributed by atoms with Crippen LogP contribution in [0, 0.1) is 0 Å². The van der Waals surface area contributed by atoms with Crippen LogP contribution in [0.1, 0.15) is 38.1 Å². The molecule has 0 spiro atoms. The Labute approximate surface area is 102 Å². The lowest BCUT2D eigenvalue weighted by molar-refractivity contribution is 0.445. The largest absolute Gasteiger partial charge is 0.337 e. The van der Waals surface area contributed by atoms with E-state index in [4.69, 9.17) is 0 Å². The summed E-state index contributed by atoms with van der Waals surface area (Å²) in [7, 11) is 2.06. The fourth-order valence-electron chi connectivity index (χ4n) is 2.59. The summed E-state index contributed by atoms with van der Waals surface area (Å²) in [5.74, 6) is 1.13. The van der Waals surface area contributed by atoms with Gasteiger partial charge in [-0.3, -0.25) is 0 Å². The summed E-state index contributed by atoms with van der Waals surface area (Å²) >= 11 is 1.99. The normalized spacial score (nSPS) is 27.2. The Bertz CT molecular complexity index is 337. The van der Waals surface area contributed by atoms with Crippen molar-refractivity contribution in [3.05, 3.63) is 18.2 Å². The molecule has 0 aromatic carbocycles. The van der Waals surface area contributed by atoms with E-state index in [1.165, 1.54) is 19.3 Å². The maximum atomic E-state index is 4.40. The van der Waals surface area contributed by atoms with Gasteiger partial charge in [-0.1, -0.05) is 6.42 Å². The predicted octanol–water partition coefficient (Wildman–Crippen LogP) is 2.35. The van der Waals surface area contributed by atoms with Crippen LogP contribution in [0.3, 0.4) is 0 Å². The van der Waals surface area contributed by atoms with Gasteiger partial charge in [0.1, 0.15) is 5.82 Å². The van der Waals surface area contributed by atoms with Gasteiger partial charge in [0.25, 0.3) is 0 Å². The van der Waals surface area contributed by atoms with Gasteiger partial charge in [0, 0.05) is 30.7 Å². The first-order valence-electron chi connectivity index (χ1n) is 5.98. The van der Waals surface area contributed by atoms with Crippen LogP contribution in [0.25, 0.3) is 0 Å². The first kappa shape index (κ1) is 12.0. The second-order valence-electron chi connectivity index (χ2n) is 4.60. The molecule has 1 aliphatic rings. The summed E-state index contributed by atoms with van der Waals surface area (Å²) in [6, 6.07) is 0.999. The molecular formula is C12H21N3S. The van der Waals surface area contributed by atoms with Gasteiger partial charge in [-0.15, -0.1) is 0 Å². The van der Waals surface area contributed by atoms with Crippen LogP contribution >= 0.6 is 11.8 Å². The number of rotatable bonds is 4. The van der Waals surface area contributed by atoms with E-state index in [9.17, 15) is 0 Å². The fourth-order valence-corrected chi connectivity index (χ4v) is 3.53. The number of aromatic nitrogens is 2. The molecule has 1 fully saturated rings. The van der Waals surface area contributed by atoms with Crippen molar-refractivity contribution in [2.45, 2.75) is 43.5 Å². The summed E-state index contributed by atoms with van der Waals surface area (Å²) in [4.78, 5) is 4.40. The van der Waals surface area contributed by atoms with Gasteiger partial charge in [0.05, 0.1) is 6.04 Å². The molecular weight excluding hydrogens is 218 g/mol. The quantitative estimate of drug-likeness (QED) is 0.875. The maximum Gasteiger partial charge on any atom is 0.125 e. The molecule has 1 heterocycles. The van der Waals surface area contributed by atoms with Gasteiger partial charge < -0.3 is 9.88 Å². The molecule has 3 nitrogen and oxygen atoms in total. The number of nitrogens with zero attached hydrogens (tertiary/aromatic N) is 2. The third kappa shape index (κ3) is 2.43. The van der Waals surface area contributed by atoms with E-state index in [2.05, 4.69) is 35.1 Å². The zero-order valence-corrected chi connectivity index (χ0v) is 11.1. The highest BCUT2D eigenvalue weighted by Crippen LogP contribution is 2.29.